The van der Waals surface area contributed by atoms with E-state index in [-0.39, 0.29) is 0 Å². The first-order chi connectivity index (χ1) is 1.89. The number of nitrogens with zero attached hydrogens (tertiary/aromatic N) is 1. The zero-order valence-corrected chi connectivity index (χ0v) is 2.79. The van der Waals surface area contributed by atoms with Gasteiger partial charge in [-0.25, -0.2) is 5.43 Å². The standard InChI is InChI=1S/CH3ClN2/c2-4-1-3-4/h3H,1H2. The van der Waals surface area contributed by atoms with Crippen molar-refractivity contribution in [1.29, 1.82) is 0 Å². The Balaban J connectivity index is 2.17. The first-order valence-electron chi connectivity index (χ1n) is 1.06. The van der Waals surface area contributed by atoms with Gasteiger partial charge in [0.1, 0.15) is 0 Å². The first kappa shape index (κ1) is 2.45. The van der Waals surface area contributed by atoms with Gasteiger partial charge >= 0.3 is 0 Å². The summed E-state index contributed by atoms with van der Waals surface area (Å²) in [4.78, 5) is 0. The first-order valence-corrected chi connectivity index (χ1v) is 1.40. The van der Waals surface area contributed by atoms with E-state index in [9.17, 15) is 0 Å². The van der Waals surface area contributed by atoms with E-state index in [4.69, 9.17) is 11.8 Å². The average Bonchev–Trinajstić information content (AvgIpc) is 1.75. The van der Waals surface area contributed by atoms with Gasteiger partial charge in [0.2, 0.25) is 0 Å². The van der Waals surface area contributed by atoms with Crippen molar-refractivity contribution < 1.29 is 0 Å². The minimum atomic E-state index is 0.835. The number of nitrogens with one attached hydrogen (secondary N) is 1. The van der Waals surface area contributed by atoms with Crippen LogP contribution in [-0.4, -0.2) is 11.2 Å². The van der Waals surface area contributed by atoms with Gasteiger partial charge in [0.05, 0.1) is 6.67 Å². The maximum Gasteiger partial charge on any atom is 0.0931 e. The summed E-state index contributed by atoms with van der Waals surface area (Å²) < 4.78 is 1.47. The van der Waals surface area contributed by atoms with E-state index in [1.54, 1.807) is 0 Å². The molecule has 0 aromatic rings. The van der Waals surface area contributed by atoms with Crippen LogP contribution in [0, 0.1) is 0 Å². The molecule has 0 bridgehead atoms. The van der Waals surface area contributed by atoms with Crippen LogP contribution in [0.3, 0.4) is 0 Å². The van der Waals surface area contributed by atoms with Gasteiger partial charge in [-0.2, -0.15) is 0 Å². The minimum absolute atomic E-state index is 0.835. The van der Waals surface area contributed by atoms with E-state index in [0.29, 0.717) is 0 Å². The summed E-state index contributed by atoms with van der Waals surface area (Å²) in [5.74, 6) is 0. The molecule has 0 saturated carbocycles. The summed E-state index contributed by atoms with van der Waals surface area (Å²) in [5, 5.41) is 0. The molecule has 1 rings (SSSR count). The molecule has 2 nitrogen and oxygen atoms in total. The van der Waals surface area contributed by atoms with Crippen molar-refractivity contribution in [2.45, 2.75) is 0 Å². The molecule has 0 aromatic carbocycles. The van der Waals surface area contributed by atoms with Crippen LogP contribution in [0.25, 0.3) is 0 Å². The quantitative estimate of drug-likeness (QED) is 0.324. The fourth-order valence-corrected chi connectivity index (χ4v) is 0.0802. The highest BCUT2D eigenvalue weighted by Crippen LogP contribution is 1.94. The van der Waals surface area contributed by atoms with Gasteiger partial charge in [-0.15, -0.1) is 4.53 Å². The maximum atomic E-state index is 5.11. The number of hydrogen-bond acceptors (Lipinski definition) is 2. The molecule has 0 amide bonds. The Labute approximate surface area is 29.4 Å². The van der Waals surface area contributed by atoms with Crippen LogP contribution in [0.5, 0.6) is 0 Å². The van der Waals surface area contributed by atoms with Crippen LogP contribution < -0.4 is 5.43 Å². The molecule has 1 atom stereocenters. The highest BCUT2D eigenvalue weighted by atomic mass is 35.5. The summed E-state index contributed by atoms with van der Waals surface area (Å²) in [6, 6.07) is 0. The molecule has 1 aliphatic rings. The van der Waals surface area contributed by atoms with Crippen molar-refractivity contribution in [1.82, 2.24) is 9.95 Å². The predicted molar refractivity (Wildman–Crippen MR) is 15.7 cm³/mol. The predicted octanol–water partition coefficient (Wildman–Crippen LogP) is -0.0821. The van der Waals surface area contributed by atoms with E-state index >= 15 is 0 Å². The number of hydrazine groups is 1. The van der Waals surface area contributed by atoms with Crippen molar-refractivity contribution in [3.8, 4) is 0 Å². The third kappa shape index (κ3) is 0.314. The maximum absolute atomic E-state index is 5.11. The van der Waals surface area contributed by atoms with E-state index in [1.165, 1.54) is 4.53 Å². The van der Waals surface area contributed by atoms with Gasteiger partial charge < -0.3 is 0 Å². The SMILES string of the molecule is ClN1CN1. The summed E-state index contributed by atoms with van der Waals surface area (Å²) in [5.41, 5.74) is 2.70. The summed E-state index contributed by atoms with van der Waals surface area (Å²) in [7, 11) is 0. The lowest BCUT2D eigenvalue weighted by molar-refractivity contribution is 0.837. The van der Waals surface area contributed by atoms with Crippen molar-refractivity contribution in [3.63, 3.8) is 0 Å². The summed E-state index contributed by atoms with van der Waals surface area (Å²) in [6.45, 7) is 0.835. The van der Waals surface area contributed by atoms with Gasteiger partial charge in [-0.05, 0) is 11.8 Å². The Hall–Kier alpha value is 0.210. The third-order valence-electron chi connectivity index (χ3n) is 0.278. The lowest BCUT2D eigenvalue weighted by Gasteiger charge is -1.58. The Morgan fingerprint density at radius 2 is 2.25 bits per heavy atom. The van der Waals surface area contributed by atoms with Gasteiger partial charge in [-0.1, -0.05) is 0 Å². The molecule has 1 saturated heterocycles. The van der Waals surface area contributed by atoms with Crippen molar-refractivity contribution >= 4 is 11.8 Å². The molecule has 0 aliphatic carbocycles. The van der Waals surface area contributed by atoms with Crippen LogP contribution in [-0.2, 0) is 0 Å². The fraction of sp³-hybridized carbons (Fsp3) is 1.00. The lowest BCUT2D eigenvalue weighted by Crippen LogP contribution is -1.72. The second-order valence-electron chi connectivity index (χ2n) is 0.678. The number of rotatable bonds is 0. The molecule has 1 fully saturated rings. The highest BCUT2D eigenvalue weighted by Gasteiger charge is 2.09. The van der Waals surface area contributed by atoms with Crippen LogP contribution in [0.2, 0.25) is 0 Å². The Bertz CT molecular complexity index is 25.2. The highest BCUT2D eigenvalue weighted by molar-refractivity contribution is 6.14. The van der Waals surface area contributed by atoms with Gasteiger partial charge in [0.15, 0.2) is 0 Å². The van der Waals surface area contributed by atoms with Crippen molar-refractivity contribution in [2.75, 3.05) is 6.67 Å². The topological polar surface area (TPSA) is 25.0 Å². The zero-order valence-electron chi connectivity index (χ0n) is 2.03. The van der Waals surface area contributed by atoms with Crippen LogP contribution in [0.1, 0.15) is 0 Å². The van der Waals surface area contributed by atoms with E-state index in [0.717, 1.165) is 6.67 Å². The summed E-state index contributed by atoms with van der Waals surface area (Å²) in [6.07, 6.45) is 0. The molecule has 4 heavy (non-hydrogen) atoms. The van der Waals surface area contributed by atoms with Crippen LogP contribution in [0.15, 0.2) is 0 Å². The Morgan fingerprint density at radius 1 is 2.00 bits per heavy atom. The molecule has 0 aromatic heterocycles. The largest absolute Gasteiger partial charge is 0.223 e. The van der Waals surface area contributed by atoms with E-state index < -0.39 is 0 Å². The number of hydrogen-bond donors (Lipinski definition) is 1. The van der Waals surface area contributed by atoms with Crippen LogP contribution >= 0.6 is 11.8 Å². The van der Waals surface area contributed by atoms with Crippen molar-refractivity contribution in [3.05, 3.63) is 0 Å². The van der Waals surface area contributed by atoms with E-state index in [1.807, 2.05) is 0 Å². The molecule has 1 aliphatic heterocycles. The molecular formula is CH3ClN2. The second kappa shape index (κ2) is 0.578. The van der Waals surface area contributed by atoms with Gasteiger partial charge in [-0.3, -0.25) is 0 Å². The third-order valence-corrected chi connectivity index (χ3v) is 0.517. The Morgan fingerprint density at radius 3 is 2.25 bits per heavy atom. The normalized spacial score (nSPS) is 39.8. The van der Waals surface area contributed by atoms with E-state index in [2.05, 4.69) is 5.43 Å². The molecular weight excluding hydrogens is 75.5 g/mol. The molecule has 24 valence electrons. The average molecular weight is 78.5 g/mol. The molecule has 1 N–H and O–H groups in total. The van der Waals surface area contributed by atoms with Crippen molar-refractivity contribution in [2.24, 2.45) is 0 Å². The molecule has 1 unspecified atom stereocenters. The monoisotopic (exact) mass is 78.0 g/mol. The molecule has 1 heterocycles. The molecule has 0 radical (unpaired) electrons. The number of halogens is 1. The fourth-order valence-electron chi connectivity index (χ4n) is 0.0267. The molecule has 0 spiro atoms. The van der Waals surface area contributed by atoms with Crippen LogP contribution in [0.4, 0.5) is 0 Å². The zero-order chi connectivity index (χ0) is 2.99. The Kier molecular flexibility index (Phi) is 0.353. The molecule has 3 heteroatoms. The lowest BCUT2D eigenvalue weighted by atomic mass is 11.4. The van der Waals surface area contributed by atoms with Gasteiger partial charge in [0.25, 0.3) is 0 Å². The second-order valence-corrected chi connectivity index (χ2v) is 1.09. The van der Waals surface area contributed by atoms with Gasteiger partial charge in [0, 0.05) is 0 Å². The smallest absolute Gasteiger partial charge is 0.0931 e. The summed E-state index contributed by atoms with van der Waals surface area (Å²) >= 11 is 5.11. The minimum Gasteiger partial charge on any atom is -0.223 e.